The molecule has 0 bridgehead atoms. The molecule has 1 aliphatic rings. The molecule has 0 aliphatic carbocycles. The third kappa shape index (κ3) is 4.13. The Morgan fingerprint density at radius 1 is 1.19 bits per heavy atom. The number of rotatable bonds is 6. The maximum Gasteiger partial charge on any atom is 0.361 e. The van der Waals surface area contributed by atoms with Crippen LogP contribution in [0, 0.1) is 0 Å². The molecule has 32 heavy (non-hydrogen) atoms. The molecule has 3 heterocycles. The number of ether oxygens (including phenoxy) is 2. The van der Waals surface area contributed by atoms with Gasteiger partial charge in [0.2, 0.25) is 11.6 Å². The van der Waals surface area contributed by atoms with E-state index in [1.54, 1.807) is 18.9 Å². The van der Waals surface area contributed by atoms with Gasteiger partial charge < -0.3 is 23.8 Å². The van der Waals surface area contributed by atoms with Crippen LogP contribution in [-0.2, 0) is 16.1 Å². The van der Waals surface area contributed by atoms with E-state index < -0.39 is 11.5 Å². The van der Waals surface area contributed by atoms with E-state index in [1.165, 1.54) is 6.33 Å². The van der Waals surface area contributed by atoms with Gasteiger partial charge in [-0.2, -0.15) is 0 Å². The highest BCUT2D eigenvalue weighted by Crippen LogP contribution is 2.22. The molecule has 0 unspecified atom stereocenters. The fourth-order valence-electron chi connectivity index (χ4n) is 3.60. The summed E-state index contributed by atoms with van der Waals surface area (Å²) >= 11 is 0. The van der Waals surface area contributed by atoms with Crippen LogP contribution in [0.1, 0.15) is 17.4 Å². The number of anilines is 1. The van der Waals surface area contributed by atoms with Crippen LogP contribution in [0.4, 0.5) is 5.69 Å². The molecule has 0 atom stereocenters. The third-order valence-electron chi connectivity index (χ3n) is 5.29. The Morgan fingerprint density at radius 3 is 2.69 bits per heavy atom. The van der Waals surface area contributed by atoms with Crippen LogP contribution in [0.25, 0.3) is 11.1 Å². The normalized spacial score (nSPS) is 13.9. The lowest BCUT2D eigenvalue weighted by Gasteiger charge is -2.36. The number of fused-ring (bicyclic) bond motifs is 1. The molecule has 11 heteroatoms. The topological polar surface area (TPSA) is 120 Å². The summed E-state index contributed by atoms with van der Waals surface area (Å²) < 4.78 is 16.3. The molecule has 1 amide bonds. The van der Waals surface area contributed by atoms with Crippen LogP contribution in [0.2, 0.25) is 0 Å². The number of aromatic nitrogens is 3. The summed E-state index contributed by atoms with van der Waals surface area (Å²) in [6.45, 7) is 3.91. The molecule has 0 saturated carbocycles. The van der Waals surface area contributed by atoms with Crippen molar-refractivity contribution in [3.8, 4) is 5.75 Å². The lowest BCUT2D eigenvalue weighted by atomic mass is 10.2. The van der Waals surface area contributed by atoms with E-state index >= 15 is 0 Å². The number of hydrogen-bond donors (Lipinski definition) is 0. The number of esters is 1. The van der Waals surface area contributed by atoms with Crippen LogP contribution in [0.15, 0.2) is 39.9 Å². The summed E-state index contributed by atoms with van der Waals surface area (Å²) in [4.78, 5) is 45.6. The number of hydrogen-bond acceptors (Lipinski definition) is 9. The van der Waals surface area contributed by atoms with Gasteiger partial charge in [-0.15, -0.1) is 0 Å². The fraction of sp³-hybridized carbons (Fsp3) is 0.381. The largest absolute Gasteiger partial charge is 0.497 e. The Bertz CT molecular complexity index is 1190. The first-order valence-electron chi connectivity index (χ1n) is 10.2. The van der Waals surface area contributed by atoms with E-state index in [0.29, 0.717) is 26.2 Å². The van der Waals surface area contributed by atoms with Crippen molar-refractivity contribution >= 4 is 28.7 Å². The molecule has 4 rings (SSSR count). The van der Waals surface area contributed by atoms with Crippen LogP contribution in [-0.4, -0.2) is 71.4 Å². The first-order valence-corrected chi connectivity index (χ1v) is 10.2. The standard InChI is InChI=1S/C21H23N5O6/c1-3-31-21(29)18-17-19(32-23-18)22-13-26(20(17)28)12-16(27)25-9-7-24(8-10-25)14-5-4-6-15(11-14)30-2/h4-6,11,13H,3,7-10,12H2,1-2H3. The van der Waals surface area contributed by atoms with Crippen LogP contribution < -0.4 is 15.2 Å². The predicted molar refractivity (Wildman–Crippen MR) is 114 cm³/mol. The summed E-state index contributed by atoms with van der Waals surface area (Å²) in [6.07, 6.45) is 1.22. The average molecular weight is 441 g/mol. The highest BCUT2D eigenvalue weighted by Gasteiger charge is 2.25. The summed E-state index contributed by atoms with van der Waals surface area (Å²) in [5, 5.41) is 3.50. The first kappa shape index (κ1) is 21.3. The van der Waals surface area contributed by atoms with Gasteiger partial charge in [0.25, 0.3) is 11.3 Å². The Balaban J connectivity index is 1.45. The second-order valence-corrected chi connectivity index (χ2v) is 7.18. The second kappa shape index (κ2) is 9.08. The fourth-order valence-corrected chi connectivity index (χ4v) is 3.60. The van der Waals surface area contributed by atoms with E-state index in [-0.39, 0.29) is 35.9 Å². The van der Waals surface area contributed by atoms with Gasteiger partial charge >= 0.3 is 5.97 Å². The molecule has 1 saturated heterocycles. The zero-order valence-corrected chi connectivity index (χ0v) is 17.8. The number of nitrogens with zero attached hydrogens (tertiary/aromatic N) is 5. The van der Waals surface area contributed by atoms with Gasteiger partial charge in [0.1, 0.15) is 24.0 Å². The minimum absolute atomic E-state index is 0.0753. The molecule has 2 aromatic heterocycles. The number of benzene rings is 1. The maximum absolute atomic E-state index is 12.9. The lowest BCUT2D eigenvalue weighted by Crippen LogP contribution is -2.50. The van der Waals surface area contributed by atoms with Gasteiger partial charge in [-0.05, 0) is 19.1 Å². The maximum atomic E-state index is 12.9. The Morgan fingerprint density at radius 2 is 1.97 bits per heavy atom. The SMILES string of the molecule is CCOC(=O)c1noc2ncn(CC(=O)N3CCN(c4cccc(OC)c4)CC3)c(=O)c12. The average Bonchev–Trinajstić information content (AvgIpc) is 3.26. The van der Waals surface area contributed by atoms with Gasteiger partial charge in [0.05, 0.1) is 13.7 Å². The van der Waals surface area contributed by atoms with Crippen molar-refractivity contribution < 1.29 is 23.6 Å². The molecular formula is C21H23N5O6. The summed E-state index contributed by atoms with van der Waals surface area (Å²) in [7, 11) is 1.62. The second-order valence-electron chi connectivity index (χ2n) is 7.18. The Hall–Kier alpha value is -3.89. The quantitative estimate of drug-likeness (QED) is 0.514. The van der Waals surface area contributed by atoms with Gasteiger partial charge in [-0.3, -0.25) is 14.2 Å². The summed E-state index contributed by atoms with van der Waals surface area (Å²) in [5.41, 5.74) is 0.130. The summed E-state index contributed by atoms with van der Waals surface area (Å²) in [5.74, 6) is -0.213. The molecule has 1 fully saturated rings. The van der Waals surface area contributed by atoms with Crippen molar-refractivity contribution in [3.63, 3.8) is 0 Å². The molecule has 3 aromatic rings. The molecule has 1 aromatic carbocycles. The molecule has 0 radical (unpaired) electrons. The van der Waals surface area contributed by atoms with Gasteiger partial charge in [-0.25, -0.2) is 9.78 Å². The molecule has 11 nitrogen and oxygen atoms in total. The minimum atomic E-state index is -0.775. The number of carbonyl (C=O) groups is 2. The van der Waals surface area contributed by atoms with Crippen LogP contribution in [0.3, 0.4) is 0 Å². The van der Waals surface area contributed by atoms with E-state index in [9.17, 15) is 14.4 Å². The monoisotopic (exact) mass is 441 g/mol. The van der Waals surface area contributed by atoms with Gasteiger partial charge in [0, 0.05) is 37.9 Å². The zero-order valence-electron chi connectivity index (χ0n) is 17.8. The minimum Gasteiger partial charge on any atom is -0.497 e. The predicted octanol–water partition coefficient (Wildman–Crippen LogP) is 0.919. The van der Waals surface area contributed by atoms with Gasteiger partial charge in [-0.1, -0.05) is 11.2 Å². The van der Waals surface area contributed by atoms with Crippen molar-refractivity contribution in [2.45, 2.75) is 13.5 Å². The Labute approximate surface area is 183 Å². The van der Waals surface area contributed by atoms with Crippen molar-refractivity contribution in [1.82, 2.24) is 19.6 Å². The number of methoxy groups -OCH3 is 1. The summed E-state index contributed by atoms with van der Waals surface area (Å²) in [6, 6.07) is 7.77. The highest BCUT2D eigenvalue weighted by atomic mass is 16.5. The number of carbonyl (C=O) groups excluding carboxylic acids is 2. The Kier molecular flexibility index (Phi) is 6.06. The molecule has 0 N–H and O–H groups in total. The van der Waals surface area contributed by atoms with Gasteiger partial charge in [0.15, 0.2) is 0 Å². The van der Waals surface area contributed by atoms with Crippen molar-refractivity contribution in [2.24, 2.45) is 0 Å². The third-order valence-corrected chi connectivity index (χ3v) is 5.29. The van der Waals surface area contributed by atoms with Crippen LogP contribution in [0.5, 0.6) is 5.75 Å². The van der Waals surface area contributed by atoms with Crippen molar-refractivity contribution in [1.29, 1.82) is 0 Å². The molecular weight excluding hydrogens is 418 g/mol. The molecule has 168 valence electrons. The van der Waals surface area contributed by atoms with E-state index in [2.05, 4.69) is 15.0 Å². The zero-order chi connectivity index (χ0) is 22.7. The van der Waals surface area contributed by atoms with E-state index in [1.807, 2.05) is 24.3 Å². The number of amides is 1. The molecule has 1 aliphatic heterocycles. The number of piperazine rings is 1. The lowest BCUT2D eigenvalue weighted by molar-refractivity contribution is -0.132. The van der Waals surface area contributed by atoms with E-state index in [4.69, 9.17) is 14.0 Å². The van der Waals surface area contributed by atoms with Crippen molar-refractivity contribution in [2.75, 3.05) is 44.8 Å². The first-order chi connectivity index (χ1) is 15.5. The van der Waals surface area contributed by atoms with Crippen molar-refractivity contribution in [3.05, 3.63) is 46.6 Å². The smallest absolute Gasteiger partial charge is 0.361 e. The van der Waals surface area contributed by atoms with Crippen LogP contribution >= 0.6 is 0 Å². The van der Waals surface area contributed by atoms with E-state index in [0.717, 1.165) is 16.0 Å². The highest BCUT2D eigenvalue weighted by molar-refractivity contribution is 5.99. The molecule has 0 spiro atoms.